The normalized spacial score (nSPS) is 20.6. The van der Waals surface area contributed by atoms with Crippen molar-refractivity contribution in [1.29, 1.82) is 0 Å². The molecule has 1 N–H and O–H groups in total. The summed E-state index contributed by atoms with van der Waals surface area (Å²) in [6.07, 6.45) is 2.69. The van der Waals surface area contributed by atoms with Gasteiger partial charge in [-0.2, -0.15) is 0 Å². The SMILES string of the molecule is CC(C)c1ccc(SC[C@@H]2CCCN2)cc1. The molecule has 0 unspecified atom stereocenters. The lowest BCUT2D eigenvalue weighted by Gasteiger charge is -2.10. The molecule has 2 rings (SSSR count). The third-order valence-corrected chi connectivity index (χ3v) is 4.33. The van der Waals surface area contributed by atoms with Crippen LogP contribution in [0.2, 0.25) is 0 Å². The molecule has 0 radical (unpaired) electrons. The van der Waals surface area contributed by atoms with Gasteiger partial charge in [-0.1, -0.05) is 26.0 Å². The monoisotopic (exact) mass is 235 g/mol. The van der Waals surface area contributed by atoms with E-state index >= 15 is 0 Å². The van der Waals surface area contributed by atoms with E-state index in [1.54, 1.807) is 0 Å². The van der Waals surface area contributed by atoms with Crippen LogP contribution in [-0.4, -0.2) is 18.3 Å². The molecule has 0 amide bonds. The lowest BCUT2D eigenvalue weighted by atomic mass is 10.0. The van der Waals surface area contributed by atoms with Crippen LogP contribution in [0.15, 0.2) is 29.2 Å². The van der Waals surface area contributed by atoms with E-state index in [1.807, 2.05) is 11.8 Å². The summed E-state index contributed by atoms with van der Waals surface area (Å²) < 4.78 is 0. The van der Waals surface area contributed by atoms with Gasteiger partial charge >= 0.3 is 0 Å². The van der Waals surface area contributed by atoms with Gasteiger partial charge in [0, 0.05) is 16.7 Å². The van der Waals surface area contributed by atoms with E-state index in [4.69, 9.17) is 0 Å². The van der Waals surface area contributed by atoms with Crippen LogP contribution in [0.3, 0.4) is 0 Å². The summed E-state index contributed by atoms with van der Waals surface area (Å²) in [6, 6.07) is 9.77. The Hall–Kier alpha value is -0.470. The topological polar surface area (TPSA) is 12.0 Å². The van der Waals surface area contributed by atoms with E-state index in [0.717, 1.165) is 6.04 Å². The Bertz CT molecular complexity index is 312. The molecule has 0 spiro atoms. The van der Waals surface area contributed by atoms with Crippen LogP contribution in [0.25, 0.3) is 0 Å². The van der Waals surface area contributed by atoms with Gasteiger partial charge in [0.2, 0.25) is 0 Å². The van der Waals surface area contributed by atoms with Crippen LogP contribution >= 0.6 is 11.8 Å². The maximum atomic E-state index is 3.54. The fourth-order valence-electron chi connectivity index (χ4n) is 2.04. The van der Waals surface area contributed by atoms with Gasteiger partial charge in [-0.3, -0.25) is 0 Å². The summed E-state index contributed by atoms with van der Waals surface area (Å²) in [5.74, 6) is 1.84. The summed E-state index contributed by atoms with van der Waals surface area (Å²) in [5, 5.41) is 3.54. The Morgan fingerprint density at radius 2 is 2.06 bits per heavy atom. The lowest BCUT2D eigenvalue weighted by Crippen LogP contribution is -2.23. The van der Waals surface area contributed by atoms with Crippen molar-refractivity contribution >= 4 is 11.8 Å². The third kappa shape index (κ3) is 3.26. The van der Waals surface area contributed by atoms with Crippen molar-refractivity contribution in [3.63, 3.8) is 0 Å². The molecule has 1 nitrogen and oxygen atoms in total. The zero-order chi connectivity index (χ0) is 11.4. The highest BCUT2D eigenvalue weighted by Gasteiger charge is 2.13. The van der Waals surface area contributed by atoms with Crippen molar-refractivity contribution in [2.45, 2.75) is 43.5 Å². The minimum Gasteiger partial charge on any atom is -0.313 e. The van der Waals surface area contributed by atoms with Gasteiger partial charge in [0.25, 0.3) is 0 Å². The van der Waals surface area contributed by atoms with E-state index in [-0.39, 0.29) is 0 Å². The van der Waals surface area contributed by atoms with Crippen LogP contribution < -0.4 is 5.32 Å². The van der Waals surface area contributed by atoms with Gasteiger partial charge in [-0.25, -0.2) is 0 Å². The van der Waals surface area contributed by atoms with Crippen molar-refractivity contribution < 1.29 is 0 Å². The Labute approximate surface area is 103 Å². The number of hydrogen-bond donors (Lipinski definition) is 1. The van der Waals surface area contributed by atoms with Crippen molar-refractivity contribution in [1.82, 2.24) is 5.32 Å². The molecule has 0 bridgehead atoms. The largest absolute Gasteiger partial charge is 0.313 e. The maximum Gasteiger partial charge on any atom is 0.0162 e. The smallest absolute Gasteiger partial charge is 0.0162 e. The maximum absolute atomic E-state index is 3.54. The second-order valence-electron chi connectivity index (χ2n) is 4.83. The molecule has 88 valence electrons. The fraction of sp³-hybridized carbons (Fsp3) is 0.571. The summed E-state index contributed by atoms with van der Waals surface area (Å²) in [4.78, 5) is 1.40. The van der Waals surface area contributed by atoms with E-state index < -0.39 is 0 Å². The minimum atomic E-state index is 0.635. The summed E-state index contributed by atoms with van der Waals surface area (Å²) in [5.41, 5.74) is 1.43. The first-order valence-electron chi connectivity index (χ1n) is 6.22. The van der Waals surface area contributed by atoms with E-state index in [2.05, 4.69) is 43.4 Å². The number of benzene rings is 1. The fourth-order valence-corrected chi connectivity index (χ4v) is 3.05. The van der Waals surface area contributed by atoms with Crippen LogP contribution in [0.1, 0.15) is 38.2 Å². The highest BCUT2D eigenvalue weighted by molar-refractivity contribution is 7.99. The molecular formula is C14H21NS. The van der Waals surface area contributed by atoms with E-state index in [9.17, 15) is 0 Å². The van der Waals surface area contributed by atoms with Crippen LogP contribution in [-0.2, 0) is 0 Å². The Morgan fingerprint density at radius 1 is 1.31 bits per heavy atom. The zero-order valence-electron chi connectivity index (χ0n) is 10.2. The van der Waals surface area contributed by atoms with Crippen molar-refractivity contribution in [3.05, 3.63) is 29.8 Å². The summed E-state index contributed by atoms with van der Waals surface area (Å²) in [7, 11) is 0. The Balaban J connectivity index is 1.84. The van der Waals surface area contributed by atoms with Crippen LogP contribution in [0.4, 0.5) is 0 Å². The van der Waals surface area contributed by atoms with Gasteiger partial charge in [-0.05, 0) is 43.0 Å². The Kier molecular flexibility index (Phi) is 4.30. The highest BCUT2D eigenvalue weighted by atomic mass is 32.2. The minimum absolute atomic E-state index is 0.635. The molecule has 1 aromatic carbocycles. The van der Waals surface area contributed by atoms with Crippen LogP contribution in [0.5, 0.6) is 0 Å². The molecule has 2 heteroatoms. The van der Waals surface area contributed by atoms with Crippen molar-refractivity contribution in [2.75, 3.05) is 12.3 Å². The highest BCUT2D eigenvalue weighted by Crippen LogP contribution is 2.23. The predicted molar refractivity (Wildman–Crippen MR) is 72.3 cm³/mol. The second-order valence-corrected chi connectivity index (χ2v) is 5.92. The number of thioether (sulfide) groups is 1. The molecule has 1 aromatic rings. The van der Waals surface area contributed by atoms with Gasteiger partial charge in [0.05, 0.1) is 0 Å². The molecule has 16 heavy (non-hydrogen) atoms. The van der Waals surface area contributed by atoms with Gasteiger partial charge in [-0.15, -0.1) is 11.8 Å². The summed E-state index contributed by atoms with van der Waals surface area (Å²) in [6.45, 7) is 5.69. The van der Waals surface area contributed by atoms with Gasteiger partial charge in [0.15, 0.2) is 0 Å². The quantitative estimate of drug-likeness (QED) is 0.799. The average molecular weight is 235 g/mol. The molecule has 1 aliphatic heterocycles. The molecule has 0 aliphatic carbocycles. The van der Waals surface area contributed by atoms with Crippen LogP contribution in [0, 0.1) is 0 Å². The van der Waals surface area contributed by atoms with Gasteiger partial charge < -0.3 is 5.32 Å². The lowest BCUT2D eigenvalue weighted by molar-refractivity contribution is 0.674. The van der Waals surface area contributed by atoms with E-state index in [1.165, 1.54) is 35.6 Å². The molecule has 1 fully saturated rings. The first-order chi connectivity index (χ1) is 7.75. The zero-order valence-corrected chi connectivity index (χ0v) is 11.0. The van der Waals surface area contributed by atoms with E-state index in [0.29, 0.717) is 5.92 Å². The first kappa shape index (κ1) is 12.0. The predicted octanol–water partition coefficient (Wildman–Crippen LogP) is 3.65. The average Bonchev–Trinajstić information content (AvgIpc) is 2.80. The molecule has 1 aliphatic rings. The third-order valence-electron chi connectivity index (χ3n) is 3.16. The number of hydrogen-bond acceptors (Lipinski definition) is 2. The van der Waals surface area contributed by atoms with Crippen molar-refractivity contribution in [3.8, 4) is 0 Å². The van der Waals surface area contributed by atoms with Gasteiger partial charge in [0.1, 0.15) is 0 Å². The van der Waals surface area contributed by atoms with Crippen molar-refractivity contribution in [2.24, 2.45) is 0 Å². The Morgan fingerprint density at radius 3 is 2.62 bits per heavy atom. The molecule has 1 atom stereocenters. The molecule has 1 saturated heterocycles. The molecular weight excluding hydrogens is 214 g/mol. The molecule has 0 saturated carbocycles. The first-order valence-corrected chi connectivity index (χ1v) is 7.20. The molecule has 0 aromatic heterocycles. The summed E-state index contributed by atoms with van der Waals surface area (Å²) >= 11 is 1.98. The number of rotatable bonds is 4. The standard InChI is InChI=1S/C14H21NS/c1-11(2)12-5-7-14(8-6-12)16-10-13-4-3-9-15-13/h5-8,11,13,15H,3-4,9-10H2,1-2H3/t13-/m0/s1. The molecule has 1 heterocycles. The number of nitrogens with one attached hydrogen (secondary N) is 1. The second kappa shape index (κ2) is 5.74.